The number of rotatable bonds is 4. The van der Waals surface area contributed by atoms with Gasteiger partial charge in [-0.1, -0.05) is 12.1 Å². The van der Waals surface area contributed by atoms with E-state index in [0.29, 0.717) is 11.7 Å². The van der Waals surface area contributed by atoms with Crippen LogP contribution in [0.5, 0.6) is 0 Å². The van der Waals surface area contributed by atoms with E-state index in [4.69, 9.17) is 0 Å². The van der Waals surface area contributed by atoms with Gasteiger partial charge in [0, 0.05) is 10.1 Å². The predicted molar refractivity (Wildman–Crippen MR) is 76.3 cm³/mol. The summed E-state index contributed by atoms with van der Waals surface area (Å²) in [5, 5.41) is 10.2. The van der Waals surface area contributed by atoms with Crippen LogP contribution in [-0.4, -0.2) is 29.5 Å². The Bertz CT molecular complexity index is 416. The van der Waals surface area contributed by atoms with E-state index in [1.54, 1.807) is 0 Å². The molecule has 0 amide bonds. The Morgan fingerprint density at radius 1 is 1.37 bits per heavy atom. The highest BCUT2D eigenvalue weighted by Crippen LogP contribution is 2.33. The Kier molecular flexibility index (Phi) is 5.28. The van der Waals surface area contributed by atoms with Crippen molar-refractivity contribution in [3.8, 4) is 0 Å². The average molecular weight is 280 g/mol. The lowest BCUT2D eigenvalue weighted by Crippen LogP contribution is -2.20. The molecular weight excluding hydrogens is 260 g/mol. The van der Waals surface area contributed by atoms with Crippen molar-refractivity contribution in [2.24, 2.45) is 0 Å². The summed E-state index contributed by atoms with van der Waals surface area (Å²) >= 11 is 1.83. The van der Waals surface area contributed by atoms with Crippen molar-refractivity contribution in [1.29, 1.82) is 0 Å². The van der Waals surface area contributed by atoms with Gasteiger partial charge in [-0.25, -0.2) is 0 Å². The molecule has 0 unspecified atom stereocenters. The summed E-state index contributed by atoms with van der Waals surface area (Å²) in [4.78, 5) is 12.4. The van der Waals surface area contributed by atoms with Crippen LogP contribution in [0.4, 0.5) is 0 Å². The zero-order valence-electron chi connectivity index (χ0n) is 11.2. The first-order valence-corrected chi connectivity index (χ1v) is 7.56. The van der Waals surface area contributed by atoms with E-state index in [-0.39, 0.29) is 12.1 Å². The van der Waals surface area contributed by atoms with Gasteiger partial charge in [-0.15, -0.1) is 11.8 Å². The molecule has 1 saturated carbocycles. The van der Waals surface area contributed by atoms with Crippen LogP contribution in [0.15, 0.2) is 29.2 Å². The number of hydrogen-bond donors (Lipinski definition) is 1. The molecule has 0 bridgehead atoms. The highest BCUT2D eigenvalue weighted by atomic mass is 32.2. The third kappa shape index (κ3) is 4.55. The van der Waals surface area contributed by atoms with E-state index in [0.717, 1.165) is 24.8 Å². The molecule has 0 radical (unpaired) electrons. The summed E-state index contributed by atoms with van der Waals surface area (Å²) in [6.07, 6.45) is 4.29. The summed E-state index contributed by atoms with van der Waals surface area (Å²) in [5.74, 6) is -0.212. The Morgan fingerprint density at radius 2 is 2.11 bits per heavy atom. The monoisotopic (exact) mass is 280 g/mol. The minimum absolute atomic E-state index is 0.134. The van der Waals surface area contributed by atoms with Gasteiger partial charge in [0.2, 0.25) is 0 Å². The lowest BCUT2D eigenvalue weighted by atomic mass is 9.97. The number of ether oxygens (including phenoxy) is 1. The van der Waals surface area contributed by atoms with Gasteiger partial charge in [-0.2, -0.15) is 0 Å². The topological polar surface area (TPSA) is 46.5 Å². The summed E-state index contributed by atoms with van der Waals surface area (Å²) in [7, 11) is 1.40. The van der Waals surface area contributed by atoms with Crippen LogP contribution in [0.2, 0.25) is 0 Å². The Labute approximate surface area is 118 Å². The van der Waals surface area contributed by atoms with Crippen LogP contribution in [-0.2, 0) is 16.0 Å². The maximum Gasteiger partial charge on any atom is 0.309 e. The van der Waals surface area contributed by atoms with Crippen molar-refractivity contribution < 1.29 is 14.6 Å². The van der Waals surface area contributed by atoms with Crippen LogP contribution in [0.3, 0.4) is 0 Å². The largest absolute Gasteiger partial charge is 0.469 e. The van der Waals surface area contributed by atoms with E-state index >= 15 is 0 Å². The van der Waals surface area contributed by atoms with E-state index in [2.05, 4.69) is 4.74 Å². The Hall–Kier alpha value is -1.00. The minimum Gasteiger partial charge on any atom is -0.469 e. The van der Waals surface area contributed by atoms with Gasteiger partial charge in [0.1, 0.15) is 0 Å². The third-order valence-corrected chi connectivity index (χ3v) is 4.71. The molecule has 2 atom stereocenters. The second kappa shape index (κ2) is 6.96. The van der Waals surface area contributed by atoms with Crippen molar-refractivity contribution in [1.82, 2.24) is 0 Å². The first-order chi connectivity index (χ1) is 9.17. The summed E-state index contributed by atoms with van der Waals surface area (Å²) in [6, 6.07) is 8.03. The van der Waals surface area contributed by atoms with Crippen molar-refractivity contribution in [3.63, 3.8) is 0 Å². The molecule has 1 N–H and O–H groups in total. The molecule has 0 aliphatic heterocycles. The molecule has 1 aromatic rings. The number of carbonyl (C=O) groups excluding carboxylic acids is 1. The van der Waals surface area contributed by atoms with Gasteiger partial charge < -0.3 is 9.84 Å². The fourth-order valence-electron chi connectivity index (χ4n) is 2.34. The van der Waals surface area contributed by atoms with Gasteiger partial charge >= 0.3 is 5.97 Å². The number of aliphatic hydroxyl groups excluding tert-OH is 1. The maximum atomic E-state index is 11.2. The fraction of sp³-hybridized carbons (Fsp3) is 0.533. The molecule has 104 valence electrons. The predicted octanol–water partition coefficient (Wildman–Crippen LogP) is 2.80. The number of carbonyl (C=O) groups is 1. The Balaban J connectivity index is 1.89. The van der Waals surface area contributed by atoms with Crippen LogP contribution >= 0.6 is 11.8 Å². The average Bonchev–Trinajstić information content (AvgIpc) is 2.41. The highest BCUT2D eigenvalue weighted by molar-refractivity contribution is 8.00. The summed E-state index contributed by atoms with van der Waals surface area (Å²) < 4.78 is 4.65. The molecule has 0 aromatic heterocycles. The van der Waals surface area contributed by atoms with Crippen molar-refractivity contribution in [2.45, 2.75) is 48.4 Å². The lowest BCUT2D eigenvalue weighted by Gasteiger charge is -2.25. The van der Waals surface area contributed by atoms with Gasteiger partial charge in [-0.05, 0) is 43.4 Å². The number of esters is 1. The van der Waals surface area contributed by atoms with Crippen LogP contribution in [0.25, 0.3) is 0 Å². The second-order valence-corrected chi connectivity index (χ2v) is 6.33. The summed E-state index contributed by atoms with van der Waals surface area (Å²) in [5.41, 5.74) is 0.972. The number of hydrogen-bond acceptors (Lipinski definition) is 4. The fourth-order valence-corrected chi connectivity index (χ4v) is 3.63. The molecule has 1 fully saturated rings. The first kappa shape index (κ1) is 14.4. The number of methoxy groups -OCH3 is 1. The molecular formula is C15H20O3S. The normalized spacial score (nSPS) is 23.1. The third-order valence-electron chi connectivity index (χ3n) is 3.40. The summed E-state index contributed by atoms with van der Waals surface area (Å²) in [6.45, 7) is 0. The van der Waals surface area contributed by atoms with Crippen LogP contribution in [0.1, 0.15) is 31.2 Å². The minimum atomic E-state index is -0.212. The number of thioether (sulfide) groups is 1. The van der Waals surface area contributed by atoms with Crippen molar-refractivity contribution in [2.75, 3.05) is 7.11 Å². The molecule has 1 aromatic carbocycles. The zero-order chi connectivity index (χ0) is 13.7. The molecule has 1 aliphatic rings. The van der Waals surface area contributed by atoms with E-state index < -0.39 is 0 Å². The molecule has 0 saturated heterocycles. The molecule has 19 heavy (non-hydrogen) atoms. The lowest BCUT2D eigenvalue weighted by molar-refractivity contribution is -0.139. The maximum absolute atomic E-state index is 11.2. The van der Waals surface area contributed by atoms with Gasteiger partial charge in [0.15, 0.2) is 0 Å². The number of aliphatic hydroxyl groups is 1. The quantitative estimate of drug-likeness (QED) is 0.862. The first-order valence-electron chi connectivity index (χ1n) is 6.68. The van der Waals surface area contributed by atoms with E-state index in [1.807, 2.05) is 36.0 Å². The van der Waals surface area contributed by atoms with Gasteiger partial charge in [0.05, 0.1) is 19.6 Å². The zero-order valence-corrected chi connectivity index (χ0v) is 12.0. The highest BCUT2D eigenvalue weighted by Gasteiger charge is 2.20. The van der Waals surface area contributed by atoms with Crippen molar-refractivity contribution >= 4 is 17.7 Å². The van der Waals surface area contributed by atoms with E-state index in [1.165, 1.54) is 18.4 Å². The molecule has 0 spiro atoms. The molecule has 2 rings (SSSR count). The molecule has 3 nitrogen and oxygen atoms in total. The smallest absolute Gasteiger partial charge is 0.309 e. The Morgan fingerprint density at radius 3 is 2.74 bits per heavy atom. The standard InChI is InChI=1S/C15H20O3S/c1-18-15(17)9-11-5-7-13(8-6-11)19-14-4-2-3-12(16)10-14/h5-8,12,14,16H,2-4,9-10H2,1H3/t12-,14+/m0/s1. The number of benzene rings is 1. The molecule has 1 aliphatic carbocycles. The SMILES string of the molecule is COC(=O)Cc1ccc(S[C@@H]2CCC[C@H](O)C2)cc1. The van der Waals surface area contributed by atoms with Crippen LogP contribution < -0.4 is 0 Å². The van der Waals surface area contributed by atoms with Gasteiger partial charge in [-0.3, -0.25) is 4.79 Å². The van der Waals surface area contributed by atoms with E-state index in [9.17, 15) is 9.90 Å². The van der Waals surface area contributed by atoms with Crippen molar-refractivity contribution in [3.05, 3.63) is 29.8 Å². The second-order valence-electron chi connectivity index (χ2n) is 4.96. The molecule has 0 heterocycles. The van der Waals surface area contributed by atoms with Gasteiger partial charge in [0.25, 0.3) is 0 Å². The molecule has 4 heteroatoms. The van der Waals surface area contributed by atoms with Crippen LogP contribution in [0, 0.1) is 0 Å².